The van der Waals surface area contributed by atoms with Crippen LogP contribution in [0.3, 0.4) is 0 Å². The number of aromatic amines is 1. The van der Waals surface area contributed by atoms with Crippen LogP contribution < -0.4 is 0 Å². The predicted molar refractivity (Wildman–Crippen MR) is 118 cm³/mol. The Morgan fingerprint density at radius 3 is 2.47 bits per heavy atom. The first-order valence-electron chi connectivity index (χ1n) is 10.3. The van der Waals surface area contributed by atoms with E-state index in [1.807, 2.05) is 30.3 Å². The molecule has 10 heteroatoms. The van der Waals surface area contributed by atoms with E-state index >= 15 is 0 Å². The van der Waals surface area contributed by atoms with E-state index in [2.05, 4.69) is 15.1 Å². The van der Waals surface area contributed by atoms with E-state index in [1.54, 1.807) is 46.4 Å². The number of carbonyl (C=O) groups is 1. The van der Waals surface area contributed by atoms with Crippen LogP contribution in [0.1, 0.15) is 11.6 Å². The van der Waals surface area contributed by atoms with Gasteiger partial charge in [-0.1, -0.05) is 30.3 Å². The number of fused-ring (bicyclic) bond motifs is 1. The number of nitrogens with zero attached hydrogens (tertiary/aromatic N) is 5. The average Bonchev–Trinajstić information content (AvgIpc) is 3.51. The first-order valence-corrected chi connectivity index (χ1v) is 11.7. The lowest BCUT2D eigenvalue weighted by Gasteiger charge is -2.35. The van der Waals surface area contributed by atoms with Crippen molar-refractivity contribution in [1.82, 2.24) is 29.0 Å². The van der Waals surface area contributed by atoms with Crippen molar-refractivity contribution in [3.05, 3.63) is 78.9 Å². The third kappa shape index (κ3) is 3.57. The molecule has 0 saturated carbocycles. The topological polar surface area (TPSA) is 104 Å². The standard InChI is InChI=1S/C22H22N6O3S/c29-22(20(28-11-5-10-25-28)17-6-2-1-3-7-17)26-12-14-27(15-13-26)32(30,31)19-16-24-21-18(19)8-4-9-23-21/h1-11,16,20H,12-15H2,(H,23,24). The number of rotatable bonds is 5. The van der Waals surface area contributed by atoms with Crippen LogP contribution in [0.25, 0.3) is 11.0 Å². The fourth-order valence-electron chi connectivity index (χ4n) is 4.08. The molecule has 1 aliphatic heterocycles. The van der Waals surface area contributed by atoms with E-state index in [9.17, 15) is 13.2 Å². The summed E-state index contributed by atoms with van der Waals surface area (Å²) in [7, 11) is -3.70. The van der Waals surface area contributed by atoms with Crippen LogP contribution in [0.15, 0.2) is 78.2 Å². The zero-order chi connectivity index (χ0) is 22.1. The third-order valence-electron chi connectivity index (χ3n) is 5.72. The van der Waals surface area contributed by atoms with Crippen LogP contribution in [-0.4, -0.2) is 69.5 Å². The zero-order valence-electron chi connectivity index (χ0n) is 17.2. The molecule has 4 aromatic rings. The summed E-state index contributed by atoms with van der Waals surface area (Å²) in [6, 6.07) is 14.1. The van der Waals surface area contributed by atoms with Crippen LogP contribution in [0.5, 0.6) is 0 Å². The molecule has 3 aromatic heterocycles. The van der Waals surface area contributed by atoms with Crippen molar-refractivity contribution in [1.29, 1.82) is 0 Å². The second-order valence-corrected chi connectivity index (χ2v) is 9.49. The summed E-state index contributed by atoms with van der Waals surface area (Å²) < 4.78 is 29.6. The van der Waals surface area contributed by atoms with Gasteiger partial charge in [-0.05, 0) is 23.8 Å². The third-order valence-corrected chi connectivity index (χ3v) is 7.66. The lowest BCUT2D eigenvalue weighted by atomic mass is 10.1. The maximum Gasteiger partial charge on any atom is 0.252 e. The van der Waals surface area contributed by atoms with Gasteiger partial charge >= 0.3 is 0 Å². The molecule has 1 amide bonds. The normalized spacial score (nSPS) is 16.3. The van der Waals surface area contributed by atoms with Crippen LogP contribution in [0.2, 0.25) is 0 Å². The van der Waals surface area contributed by atoms with Crippen molar-refractivity contribution in [2.24, 2.45) is 0 Å². The average molecular weight is 451 g/mol. The smallest absolute Gasteiger partial charge is 0.252 e. The van der Waals surface area contributed by atoms with Crippen LogP contribution in [0.4, 0.5) is 0 Å². The lowest BCUT2D eigenvalue weighted by molar-refractivity contribution is -0.135. The number of aromatic nitrogens is 4. The Morgan fingerprint density at radius 1 is 0.969 bits per heavy atom. The summed E-state index contributed by atoms with van der Waals surface area (Å²) in [5.41, 5.74) is 1.37. The van der Waals surface area contributed by atoms with Gasteiger partial charge in [0.25, 0.3) is 5.91 Å². The molecule has 9 nitrogen and oxygen atoms in total. The van der Waals surface area contributed by atoms with Crippen molar-refractivity contribution in [3.8, 4) is 0 Å². The van der Waals surface area contributed by atoms with Crippen molar-refractivity contribution >= 4 is 27.0 Å². The highest BCUT2D eigenvalue weighted by Gasteiger charge is 2.35. The number of hydrogen-bond acceptors (Lipinski definition) is 5. The monoisotopic (exact) mass is 450 g/mol. The summed E-state index contributed by atoms with van der Waals surface area (Å²) in [5, 5.41) is 4.84. The molecule has 1 fully saturated rings. The van der Waals surface area contributed by atoms with E-state index in [4.69, 9.17) is 0 Å². The van der Waals surface area contributed by atoms with Crippen LogP contribution in [-0.2, 0) is 14.8 Å². The largest absolute Gasteiger partial charge is 0.345 e. The maximum atomic E-state index is 13.4. The van der Waals surface area contributed by atoms with Crippen molar-refractivity contribution in [2.45, 2.75) is 10.9 Å². The highest BCUT2D eigenvalue weighted by Crippen LogP contribution is 2.26. The summed E-state index contributed by atoms with van der Waals surface area (Å²) >= 11 is 0. The van der Waals surface area contributed by atoms with E-state index in [0.29, 0.717) is 24.1 Å². The highest BCUT2D eigenvalue weighted by molar-refractivity contribution is 7.89. The Kier molecular flexibility index (Phi) is 5.24. The Bertz CT molecular complexity index is 1330. The minimum Gasteiger partial charge on any atom is -0.345 e. The number of pyridine rings is 1. The first kappa shape index (κ1) is 20.4. The Balaban J connectivity index is 1.35. The molecule has 4 heterocycles. The minimum atomic E-state index is -3.70. The van der Waals surface area contributed by atoms with Gasteiger partial charge in [0.2, 0.25) is 10.0 Å². The van der Waals surface area contributed by atoms with Crippen molar-refractivity contribution in [2.75, 3.05) is 26.2 Å². The summed E-state index contributed by atoms with van der Waals surface area (Å²) in [6.07, 6.45) is 6.50. The number of piperazine rings is 1. The SMILES string of the molecule is O=C(C(c1ccccc1)n1cccn1)N1CCN(S(=O)(=O)c2c[nH]c3ncccc23)CC1. The quantitative estimate of drug-likeness (QED) is 0.500. The number of carbonyl (C=O) groups excluding carboxylic acids is 1. The van der Waals surface area contributed by atoms with Gasteiger partial charge in [-0.25, -0.2) is 13.4 Å². The van der Waals surface area contributed by atoms with E-state index in [0.717, 1.165) is 5.56 Å². The van der Waals surface area contributed by atoms with Crippen molar-refractivity contribution < 1.29 is 13.2 Å². The molecule has 1 aliphatic rings. The van der Waals surface area contributed by atoms with E-state index < -0.39 is 16.1 Å². The molecule has 1 atom stereocenters. The molecule has 1 unspecified atom stereocenters. The molecule has 1 aromatic carbocycles. The van der Waals surface area contributed by atoms with Gasteiger partial charge in [0.1, 0.15) is 10.5 Å². The van der Waals surface area contributed by atoms with Gasteiger partial charge in [-0.15, -0.1) is 0 Å². The van der Waals surface area contributed by atoms with E-state index in [-0.39, 0.29) is 23.9 Å². The molecule has 1 saturated heterocycles. The fraction of sp³-hybridized carbons (Fsp3) is 0.227. The number of sulfonamides is 1. The Morgan fingerprint density at radius 2 is 1.75 bits per heavy atom. The minimum absolute atomic E-state index is 0.103. The predicted octanol–water partition coefficient (Wildman–Crippen LogP) is 1.88. The number of benzene rings is 1. The number of amides is 1. The molecule has 32 heavy (non-hydrogen) atoms. The van der Waals surface area contributed by atoms with Gasteiger partial charge in [0.05, 0.1) is 0 Å². The number of H-pyrrole nitrogens is 1. The molecular formula is C22H22N6O3S. The molecule has 0 spiro atoms. The van der Waals surface area contributed by atoms with Gasteiger partial charge in [0, 0.05) is 56.4 Å². The molecule has 164 valence electrons. The summed E-state index contributed by atoms with van der Waals surface area (Å²) in [4.78, 5) is 22.4. The fourth-order valence-corrected chi connectivity index (χ4v) is 5.65. The summed E-state index contributed by atoms with van der Waals surface area (Å²) in [6.45, 7) is 1.07. The van der Waals surface area contributed by atoms with Gasteiger partial charge < -0.3 is 9.88 Å². The lowest BCUT2D eigenvalue weighted by Crippen LogP contribution is -2.52. The van der Waals surface area contributed by atoms with Gasteiger partial charge in [0.15, 0.2) is 6.04 Å². The van der Waals surface area contributed by atoms with E-state index in [1.165, 1.54) is 10.5 Å². The molecule has 0 aliphatic carbocycles. The molecule has 0 bridgehead atoms. The van der Waals surface area contributed by atoms with Crippen LogP contribution >= 0.6 is 0 Å². The Labute approximate surface area is 185 Å². The van der Waals surface area contributed by atoms with Gasteiger partial charge in [-0.3, -0.25) is 9.48 Å². The van der Waals surface area contributed by atoms with Gasteiger partial charge in [-0.2, -0.15) is 9.40 Å². The zero-order valence-corrected chi connectivity index (χ0v) is 18.0. The van der Waals surface area contributed by atoms with Crippen LogP contribution in [0, 0.1) is 0 Å². The molecule has 0 radical (unpaired) electrons. The molecule has 1 N–H and O–H groups in total. The summed E-state index contributed by atoms with van der Waals surface area (Å²) in [5.74, 6) is -0.103. The molecular weight excluding hydrogens is 428 g/mol. The second kappa shape index (κ2) is 8.21. The molecule has 5 rings (SSSR count). The van der Waals surface area contributed by atoms with Crippen molar-refractivity contribution in [3.63, 3.8) is 0 Å². The number of nitrogens with one attached hydrogen (secondary N) is 1. The maximum absolute atomic E-state index is 13.4. The second-order valence-electron chi connectivity index (χ2n) is 7.58. The number of hydrogen-bond donors (Lipinski definition) is 1. The Hall–Kier alpha value is -3.50. The first-order chi connectivity index (χ1) is 15.6. The highest BCUT2D eigenvalue weighted by atomic mass is 32.2.